The molecule has 0 bridgehead atoms. The summed E-state index contributed by atoms with van der Waals surface area (Å²) >= 11 is 0. The van der Waals surface area contributed by atoms with E-state index in [0.29, 0.717) is 5.39 Å². The van der Waals surface area contributed by atoms with E-state index < -0.39 is 10.1 Å². The summed E-state index contributed by atoms with van der Waals surface area (Å²) in [4.78, 5) is -0.150. The quantitative estimate of drug-likeness (QED) is 0.292. The van der Waals surface area contributed by atoms with Crippen LogP contribution in [0.1, 0.15) is 0 Å². The molecule has 0 aliphatic carbocycles. The van der Waals surface area contributed by atoms with Crippen LogP contribution in [0.4, 0.5) is 0 Å². The molecule has 0 aliphatic rings. The van der Waals surface area contributed by atoms with Gasteiger partial charge in [-0.3, -0.25) is 0 Å². The Balaban J connectivity index is 0.00000132. The smallest absolute Gasteiger partial charge is 0.744 e. The van der Waals surface area contributed by atoms with E-state index >= 15 is 0 Å². The zero-order valence-electron chi connectivity index (χ0n) is 11.3. The van der Waals surface area contributed by atoms with Crippen molar-refractivity contribution < 1.29 is 42.5 Å². The number of benzene rings is 4. The molecule has 0 aromatic heterocycles. The van der Waals surface area contributed by atoms with Crippen LogP contribution in [0.25, 0.3) is 32.3 Å². The average molecular weight is 304 g/mol. The molecule has 0 radical (unpaired) electrons. The Morgan fingerprint density at radius 2 is 1.24 bits per heavy atom. The Bertz CT molecular complexity index is 1060. The van der Waals surface area contributed by atoms with E-state index in [0.717, 1.165) is 26.9 Å². The first kappa shape index (κ1) is 14.8. The third kappa shape index (κ3) is 2.15. The molecule has 0 spiro atoms. The summed E-state index contributed by atoms with van der Waals surface area (Å²) in [6.07, 6.45) is 0. The summed E-state index contributed by atoms with van der Waals surface area (Å²) in [5.74, 6) is 0. The summed E-state index contributed by atoms with van der Waals surface area (Å²) in [7, 11) is -4.48. The van der Waals surface area contributed by atoms with Crippen LogP contribution in [0.5, 0.6) is 0 Å². The minimum Gasteiger partial charge on any atom is -0.744 e. The standard InChI is InChI=1S/C16H10O3S.Na/c17-20(18,19)14-9-7-12-5-4-10-2-1-3-11-6-8-13(14)16(12)15(10)11;/h1-9H,(H,17,18,19);/q;+1/p-1. The molecule has 4 aromatic rings. The van der Waals surface area contributed by atoms with E-state index in [4.69, 9.17) is 0 Å². The SMILES string of the molecule is O=S(=O)([O-])c1ccc2ccc3cccc4ccc1c2c34.[Na+]. The molecule has 4 aromatic carbocycles. The topological polar surface area (TPSA) is 57.2 Å². The summed E-state index contributed by atoms with van der Waals surface area (Å²) in [6, 6.07) is 16.6. The number of hydrogen-bond acceptors (Lipinski definition) is 3. The molecule has 4 rings (SSSR count). The van der Waals surface area contributed by atoms with Gasteiger partial charge in [0.2, 0.25) is 0 Å². The van der Waals surface area contributed by atoms with E-state index in [9.17, 15) is 13.0 Å². The zero-order valence-corrected chi connectivity index (χ0v) is 14.1. The van der Waals surface area contributed by atoms with Gasteiger partial charge in [0, 0.05) is 5.39 Å². The molecule has 98 valence electrons. The third-order valence-corrected chi connectivity index (χ3v) is 4.65. The van der Waals surface area contributed by atoms with Gasteiger partial charge in [0.15, 0.2) is 0 Å². The molecule has 0 saturated heterocycles. The minimum atomic E-state index is -4.48. The Morgan fingerprint density at radius 1 is 0.714 bits per heavy atom. The Hall–Kier alpha value is -1.17. The van der Waals surface area contributed by atoms with Crippen molar-refractivity contribution in [2.24, 2.45) is 0 Å². The second-order valence-electron chi connectivity index (χ2n) is 4.87. The fraction of sp³-hybridized carbons (Fsp3) is 0. The minimum absolute atomic E-state index is 0. The predicted molar refractivity (Wildman–Crippen MR) is 78.1 cm³/mol. The van der Waals surface area contributed by atoms with E-state index in [1.165, 1.54) is 6.07 Å². The van der Waals surface area contributed by atoms with Crippen molar-refractivity contribution in [1.82, 2.24) is 0 Å². The fourth-order valence-electron chi connectivity index (χ4n) is 2.93. The molecule has 5 heteroatoms. The largest absolute Gasteiger partial charge is 1.00 e. The van der Waals surface area contributed by atoms with Crippen LogP contribution >= 0.6 is 0 Å². The van der Waals surface area contributed by atoms with Crippen molar-refractivity contribution >= 4 is 42.4 Å². The summed E-state index contributed by atoms with van der Waals surface area (Å²) in [5.41, 5.74) is 0. The van der Waals surface area contributed by atoms with Crippen molar-refractivity contribution in [3.05, 3.63) is 54.6 Å². The molecule has 0 N–H and O–H groups in total. The molecule has 0 heterocycles. The molecule has 0 saturated carbocycles. The van der Waals surface area contributed by atoms with Crippen molar-refractivity contribution in [1.29, 1.82) is 0 Å². The van der Waals surface area contributed by atoms with Crippen LogP contribution in [0.3, 0.4) is 0 Å². The number of hydrogen-bond donors (Lipinski definition) is 0. The molecule has 0 aliphatic heterocycles. The molecule has 0 atom stereocenters. The van der Waals surface area contributed by atoms with E-state index in [1.807, 2.05) is 36.4 Å². The molecular formula is C16H9NaO3S. The molecular weight excluding hydrogens is 295 g/mol. The van der Waals surface area contributed by atoms with Crippen molar-refractivity contribution in [3.8, 4) is 0 Å². The maximum atomic E-state index is 11.4. The van der Waals surface area contributed by atoms with Crippen LogP contribution in [-0.4, -0.2) is 13.0 Å². The second-order valence-corrected chi connectivity index (χ2v) is 6.22. The van der Waals surface area contributed by atoms with E-state index in [2.05, 4.69) is 0 Å². The summed E-state index contributed by atoms with van der Waals surface area (Å²) < 4.78 is 34.3. The average Bonchev–Trinajstić information content (AvgIpc) is 2.43. The predicted octanol–water partition coefficient (Wildman–Crippen LogP) is 0.492. The van der Waals surface area contributed by atoms with Gasteiger partial charge in [0.05, 0.1) is 4.90 Å². The van der Waals surface area contributed by atoms with Crippen LogP contribution < -0.4 is 29.6 Å². The third-order valence-electron chi connectivity index (χ3n) is 3.76. The van der Waals surface area contributed by atoms with Crippen molar-refractivity contribution in [2.45, 2.75) is 4.90 Å². The van der Waals surface area contributed by atoms with Gasteiger partial charge >= 0.3 is 29.6 Å². The first-order chi connectivity index (χ1) is 9.55. The summed E-state index contributed by atoms with van der Waals surface area (Å²) in [5, 5.41) is 5.38. The second kappa shape index (κ2) is 4.93. The van der Waals surface area contributed by atoms with Crippen LogP contribution in [0.15, 0.2) is 59.5 Å². The van der Waals surface area contributed by atoms with Gasteiger partial charge in [-0.25, -0.2) is 8.42 Å². The monoisotopic (exact) mass is 304 g/mol. The van der Waals surface area contributed by atoms with Gasteiger partial charge < -0.3 is 4.55 Å². The summed E-state index contributed by atoms with van der Waals surface area (Å²) in [6.45, 7) is 0. The van der Waals surface area contributed by atoms with E-state index in [-0.39, 0.29) is 34.5 Å². The molecule has 0 amide bonds. The number of rotatable bonds is 1. The van der Waals surface area contributed by atoms with Gasteiger partial charge in [0.1, 0.15) is 10.1 Å². The maximum Gasteiger partial charge on any atom is 1.00 e. The normalized spacial score (nSPS) is 12.0. The van der Waals surface area contributed by atoms with Crippen molar-refractivity contribution in [2.75, 3.05) is 0 Å². The van der Waals surface area contributed by atoms with Gasteiger partial charge in [0.25, 0.3) is 0 Å². The van der Waals surface area contributed by atoms with Gasteiger partial charge in [-0.1, -0.05) is 48.5 Å². The van der Waals surface area contributed by atoms with Gasteiger partial charge in [-0.05, 0) is 33.0 Å². The van der Waals surface area contributed by atoms with E-state index in [1.54, 1.807) is 12.1 Å². The molecule has 3 nitrogen and oxygen atoms in total. The molecule has 0 unspecified atom stereocenters. The van der Waals surface area contributed by atoms with Crippen LogP contribution in [0, 0.1) is 0 Å². The first-order valence-electron chi connectivity index (χ1n) is 6.18. The van der Waals surface area contributed by atoms with Crippen molar-refractivity contribution in [3.63, 3.8) is 0 Å². The van der Waals surface area contributed by atoms with Crippen LogP contribution in [-0.2, 0) is 10.1 Å². The molecule has 0 fully saturated rings. The van der Waals surface area contributed by atoms with Gasteiger partial charge in [-0.2, -0.15) is 0 Å². The Kier molecular flexibility index (Phi) is 3.47. The Labute approximate surface area is 143 Å². The first-order valence-corrected chi connectivity index (χ1v) is 7.59. The van der Waals surface area contributed by atoms with Crippen LogP contribution in [0.2, 0.25) is 0 Å². The zero-order chi connectivity index (χ0) is 13.9. The fourth-order valence-corrected chi connectivity index (χ4v) is 3.60. The Morgan fingerprint density at radius 3 is 1.86 bits per heavy atom. The maximum absolute atomic E-state index is 11.4. The molecule has 21 heavy (non-hydrogen) atoms. The van der Waals surface area contributed by atoms with Gasteiger partial charge in [-0.15, -0.1) is 0 Å².